The third kappa shape index (κ3) is 2.19. The predicted molar refractivity (Wildman–Crippen MR) is 91.4 cm³/mol. The van der Waals surface area contributed by atoms with Gasteiger partial charge in [-0.3, -0.25) is 4.90 Å². The van der Waals surface area contributed by atoms with Crippen LogP contribution in [0.25, 0.3) is 11.0 Å². The van der Waals surface area contributed by atoms with Crippen LogP contribution in [0.3, 0.4) is 0 Å². The maximum Gasteiger partial charge on any atom is 0.339 e. The van der Waals surface area contributed by atoms with Crippen molar-refractivity contribution < 1.29 is 14.3 Å². The SMILES string of the molecule is Cc1c2c(cc3c4c(c(=O)oc13)CCC4)CN(C(C)(C)CO)CO2. The third-order valence-electron chi connectivity index (χ3n) is 5.49. The van der Waals surface area contributed by atoms with Crippen LogP contribution in [0.4, 0.5) is 0 Å². The zero-order chi connectivity index (χ0) is 17.1. The number of aliphatic hydroxyl groups excluding tert-OH is 1. The van der Waals surface area contributed by atoms with Gasteiger partial charge in [0.2, 0.25) is 0 Å². The highest BCUT2D eigenvalue weighted by Gasteiger charge is 2.32. The van der Waals surface area contributed by atoms with Gasteiger partial charge in [0.15, 0.2) is 0 Å². The molecule has 4 rings (SSSR count). The monoisotopic (exact) mass is 329 g/mol. The van der Waals surface area contributed by atoms with E-state index in [9.17, 15) is 9.90 Å². The lowest BCUT2D eigenvalue weighted by Gasteiger charge is -2.40. The van der Waals surface area contributed by atoms with Crippen molar-refractivity contribution in [3.8, 4) is 5.75 Å². The van der Waals surface area contributed by atoms with E-state index in [1.165, 1.54) is 0 Å². The van der Waals surface area contributed by atoms with Gasteiger partial charge in [-0.05, 0) is 51.7 Å². The van der Waals surface area contributed by atoms with Gasteiger partial charge in [-0.15, -0.1) is 0 Å². The van der Waals surface area contributed by atoms with Crippen LogP contribution in [0.5, 0.6) is 5.75 Å². The van der Waals surface area contributed by atoms with E-state index in [1.807, 2.05) is 20.8 Å². The van der Waals surface area contributed by atoms with Gasteiger partial charge in [0.25, 0.3) is 0 Å². The van der Waals surface area contributed by atoms with E-state index in [1.54, 1.807) is 0 Å². The van der Waals surface area contributed by atoms with Gasteiger partial charge in [-0.2, -0.15) is 0 Å². The van der Waals surface area contributed by atoms with Crippen molar-refractivity contribution in [2.75, 3.05) is 13.3 Å². The summed E-state index contributed by atoms with van der Waals surface area (Å²) in [4.78, 5) is 14.3. The number of hydrogen-bond acceptors (Lipinski definition) is 5. The second-order valence-corrected chi connectivity index (χ2v) is 7.51. The summed E-state index contributed by atoms with van der Waals surface area (Å²) >= 11 is 0. The Bertz CT molecular complexity index is 881. The minimum atomic E-state index is -0.342. The van der Waals surface area contributed by atoms with Gasteiger partial charge < -0.3 is 14.3 Å². The maximum absolute atomic E-state index is 12.2. The number of fused-ring (bicyclic) bond motifs is 4. The van der Waals surface area contributed by atoms with Gasteiger partial charge >= 0.3 is 5.63 Å². The lowest BCUT2D eigenvalue weighted by Crippen LogP contribution is -2.49. The first-order valence-electron chi connectivity index (χ1n) is 8.52. The first-order valence-corrected chi connectivity index (χ1v) is 8.52. The number of nitrogens with zero attached hydrogens (tertiary/aromatic N) is 1. The average Bonchev–Trinajstić information content (AvgIpc) is 3.06. The van der Waals surface area contributed by atoms with Crippen LogP contribution in [0, 0.1) is 6.92 Å². The Labute approximate surface area is 140 Å². The van der Waals surface area contributed by atoms with Crippen LogP contribution in [0.2, 0.25) is 0 Å². The van der Waals surface area contributed by atoms with Crippen LogP contribution in [0.1, 0.15) is 42.5 Å². The molecule has 0 unspecified atom stereocenters. The average molecular weight is 329 g/mol. The molecule has 5 heteroatoms. The molecule has 0 radical (unpaired) electrons. The highest BCUT2D eigenvalue weighted by molar-refractivity contribution is 5.87. The van der Waals surface area contributed by atoms with Crippen molar-refractivity contribution in [3.05, 3.63) is 38.7 Å². The van der Waals surface area contributed by atoms with Gasteiger partial charge in [0.1, 0.15) is 18.1 Å². The maximum atomic E-state index is 12.2. The van der Waals surface area contributed by atoms with Crippen LogP contribution in [0.15, 0.2) is 15.3 Å². The molecule has 0 saturated carbocycles. The highest BCUT2D eigenvalue weighted by atomic mass is 16.5. The standard InChI is InChI=1S/C19H23NO4/c1-11-16-12(8-20(10-23-16)19(2,3)9-21)7-15-13-5-4-6-14(13)18(22)24-17(11)15/h7,21H,4-6,8-10H2,1-3H3. The van der Waals surface area contributed by atoms with Crippen LogP contribution in [-0.4, -0.2) is 28.9 Å². The molecule has 0 saturated heterocycles. The fourth-order valence-electron chi connectivity index (χ4n) is 3.83. The molecule has 128 valence electrons. The summed E-state index contributed by atoms with van der Waals surface area (Å²) in [6, 6.07) is 2.12. The largest absolute Gasteiger partial charge is 0.477 e. The quantitative estimate of drug-likeness (QED) is 0.858. The van der Waals surface area contributed by atoms with Crippen molar-refractivity contribution in [2.24, 2.45) is 0 Å². The van der Waals surface area contributed by atoms with Gasteiger partial charge in [0, 0.05) is 34.2 Å². The predicted octanol–water partition coefficient (Wildman–Crippen LogP) is 2.51. The number of benzene rings is 1. The molecule has 1 aromatic heterocycles. The van der Waals surface area contributed by atoms with E-state index in [-0.39, 0.29) is 17.8 Å². The van der Waals surface area contributed by atoms with E-state index in [0.29, 0.717) is 18.9 Å². The molecular weight excluding hydrogens is 306 g/mol. The van der Waals surface area contributed by atoms with Gasteiger partial charge in [-0.25, -0.2) is 4.79 Å². The number of rotatable bonds is 2. The molecule has 0 fully saturated rings. The van der Waals surface area contributed by atoms with Crippen LogP contribution in [-0.2, 0) is 19.4 Å². The van der Waals surface area contributed by atoms with Crippen LogP contribution < -0.4 is 10.4 Å². The summed E-state index contributed by atoms with van der Waals surface area (Å²) in [7, 11) is 0. The Kier molecular flexibility index (Phi) is 3.48. The summed E-state index contributed by atoms with van der Waals surface area (Å²) in [5.41, 5.74) is 4.10. The van der Waals surface area contributed by atoms with Gasteiger partial charge in [-0.1, -0.05) is 0 Å². The second kappa shape index (κ2) is 5.33. The minimum Gasteiger partial charge on any atom is -0.477 e. The number of hydrogen-bond donors (Lipinski definition) is 1. The summed E-state index contributed by atoms with van der Waals surface area (Å²) < 4.78 is 11.6. The van der Waals surface area contributed by atoms with Crippen molar-refractivity contribution in [1.29, 1.82) is 0 Å². The molecule has 5 nitrogen and oxygen atoms in total. The van der Waals surface area contributed by atoms with E-state index in [0.717, 1.165) is 52.7 Å². The molecular formula is C19H23NO4. The van der Waals surface area contributed by atoms with E-state index in [2.05, 4.69) is 11.0 Å². The van der Waals surface area contributed by atoms with Gasteiger partial charge in [0.05, 0.1) is 6.61 Å². The fourth-order valence-corrected chi connectivity index (χ4v) is 3.83. The first-order chi connectivity index (χ1) is 11.4. The Balaban J connectivity index is 1.89. The number of ether oxygens (including phenoxy) is 1. The molecule has 0 atom stereocenters. The van der Waals surface area contributed by atoms with E-state index >= 15 is 0 Å². The Morgan fingerprint density at radius 3 is 2.79 bits per heavy atom. The Morgan fingerprint density at radius 1 is 1.29 bits per heavy atom. The lowest BCUT2D eigenvalue weighted by atomic mass is 9.97. The van der Waals surface area contributed by atoms with Crippen molar-refractivity contribution in [2.45, 2.75) is 52.1 Å². The van der Waals surface area contributed by atoms with Crippen LogP contribution >= 0.6 is 0 Å². The highest BCUT2D eigenvalue weighted by Crippen LogP contribution is 2.39. The summed E-state index contributed by atoms with van der Waals surface area (Å²) in [5, 5.41) is 10.7. The topological polar surface area (TPSA) is 62.9 Å². The smallest absolute Gasteiger partial charge is 0.339 e. The fraction of sp³-hybridized carbons (Fsp3) is 0.526. The molecule has 24 heavy (non-hydrogen) atoms. The number of aliphatic hydroxyl groups is 1. The summed E-state index contributed by atoms with van der Waals surface area (Å²) in [5.74, 6) is 0.814. The molecule has 2 heterocycles. The summed E-state index contributed by atoms with van der Waals surface area (Å²) in [6.07, 6.45) is 2.75. The molecule has 0 amide bonds. The summed E-state index contributed by atoms with van der Waals surface area (Å²) in [6.45, 7) is 7.18. The van der Waals surface area contributed by atoms with E-state index < -0.39 is 0 Å². The Morgan fingerprint density at radius 2 is 2.04 bits per heavy atom. The van der Waals surface area contributed by atoms with Crippen molar-refractivity contribution in [1.82, 2.24) is 4.90 Å². The molecule has 1 aromatic carbocycles. The normalized spacial score (nSPS) is 17.7. The first kappa shape index (κ1) is 15.7. The molecule has 1 N–H and O–H groups in total. The number of aryl methyl sites for hydroxylation is 2. The molecule has 2 aliphatic rings. The Hall–Kier alpha value is -1.85. The molecule has 2 aromatic rings. The third-order valence-corrected chi connectivity index (χ3v) is 5.49. The van der Waals surface area contributed by atoms with Crippen molar-refractivity contribution in [3.63, 3.8) is 0 Å². The molecule has 1 aliphatic carbocycles. The van der Waals surface area contributed by atoms with Crippen molar-refractivity contribution >= 4 is 11.0 Å². The minimum absolute atomic E-state index is 0.0720. The zero-order valence-corrected chi connectivity index (χ0v) is 14.4. The lowest BCUT2D eigenvalue weighted by molar-refractivity contribution is -0.0169. The molecule has 0 spiro atoms. The van der Waals surface area contributed by atoms with E-state index in [4.69, 9.17) is 9.15 Å². The zero-order valence-electron chi connectivity index (χ0n) is 14.4. The second-order valence-electron chi connectivity index (χ2n) is 7.51. The molecule has 0 bridgehead atoms. The molecule has 1 aliphatic heterocycles.